The molecule has 5 heteroatoms. The van der Waals surface area contributed by atoms with Crippen LogP contribution in [0.5, 0.6) is 5.75 Å². The Hall–Kier alpha value is -1.07. The fraction of sp³-hybridized carbons (Fsp3) is 0.588. The number of halogens is 1. The molecule has 2 N–H and O–H groups in total. The number of benzene rings is 1. The van der Waals surface area contributed by atoms with Gasteiger partial charge < -0.3 is 14.8 Å². The van der Waals surface area contributed by atoms with Crippen LogP contribution in [-0.2, 0) is 16.0 Å². The van der Waals surface area contributed by atoms with E-state index in [1.54, 1.807) is 7.11 Å². The minimum absolute atomic E-state index is 0.170. The molecular weight excluding hydrogens is 346 g/mol. The first-order chi connectivity index (χ1) is 10.4. The fourth-order valence-corrected chi connectivity index (χ4v) is 3.61. The summed E-state index contributed by atoms with van der Waals surface area (Å²) < 4.78 is 11.8. The van der Waals surface area contributed by atoms with Gasteiger partial charge in [0.25, 0.3) is 0 Å². The third-order valence-corrected chi connectivity index (χ3v) is 4.98. The van der Waals surface area contributed by atoms with Crippen molar-refractivity contribution in [2.45, 2.75) is 38.7 Å². The monoisotopic (exact) mass is 370 g/mol. The molecule has 1 aromatic rings. The Morgan fingerprint density at radius 3 is 2.64 bits per heavy atom. The van der Waals surface area contributed by atoms with Crippen molar-refractivity contribution < 1.29 is 19.6 Å². The summed E-state index contributed by atoms with van der Waals surface area (Å²) in [6.07, 6.45) is 2.49. The summed E-state index contributed by atoms with van der Waals surface area (Å²) in [6, 6.07) is 5.66. The third-order valence-electron chi connectivity index (χ3n) is 4.36. The Bertz CT molecular complexity index is 525. The molecule has 1 heterocycles. The summed E-state index contributed by atoms with van der Waals surface area (Å²) in [4.78, 5) is 12.3. The Morgan fingerprint density at radius 2 is 2.05 bits per heavy atom. The number of carbonyl (C=O) groups excluding carboxylic acids is 1. The zero-order valence-corrected chi connectivity index (χ0v) is 15.1. The fourth-order valence-electron chi connectivity index (χ4n) is 3.02. The summed E-state index contributed by atoms with van der Waals surface area (Å²) in [5, 5.41) is 2.32. The lowest BCUT2D eigenvalue weighted by Gasteiger charge is -2.35. The molecule has 0 radical (unpaired) electrons. The number of hydrogen-bond acceptors (Lipinski definition) is 3. The molecule has 0 unspecified atom stereocenters. The zero-order chi connectivity index (χ0) is 16.2. The second-order valence-corrected chi connectivity index (χ2v) is 7.22. The number of carbonyl (C=O) groups is 1. The molecule has 2 rings (SSSR count). The molecular formula is C17H25BrNO3+. The van der Waals surface area contributed by atoms with E-state index in [-0.39, 0.29) is 12.4 Å². The number of nitrogens with two attached hydrogens (primary N) is 1. The van der Waals surface area contributed by atoms with Crippen LogP contribution >= 0.6 is 15.9 Å². The lowest BCUT2D eigenvalue weighted by Crippen LogP contribution is -2.86. The summed E-state index contributed by atoms with van der Waals surface area (Å²) >= 11 is 3.44. The van der Waals surface area contributed by atoms with E-state index in [0.717, 1.165) is 41.7 Å². The maximum absolute atomic E-state index is 12.3. The van der Waals surface area contributed by atoms with E-state index in [9.17, 15) is 4.79 Å². The van der Waals surface area contributed by atoms with Gasteiger partial charge in [-0.25, -0.2) is 0 Å². The summed E-state index contributed by atoms with van der Waals surface area (Å²) in [6.45, 7) is 6.31. The number of methoxy groups -OCH3 is 1. The predicted molar refractivity (Wildman–Crippen MR) is 89.0 cm³/mol. The van der Waals surface area contributed by atoms with Gasteiger partial charge in [-0.2, -0.15) is 0 Å². The highest BCUT2D eigenvalue weighted by molar-refractivity contribution is 9.10. The summed E-state index contributed by atoms with van der Waals surface area (Å²) in [5.41, 5.74) is 0.528. The highest BCUT2D eigenvalue weighted by Gasteiger charge is 2.35. The van der Waals surface area contributed by atoms with Crippen LogP contribution in [0.2, 0.25) is 0 Å². The van der Waals surface area contributed by atoms with Crippen molar-refractivity contribution in [1.29, 1.82) is 0 Å². The Morgan fingerprint density at radius 1 is 1.36 bits per heavy atom. The van der Waals surface area contributed by atoms with E-state index in [4.69, 9.17) is 9.47 Å². The molecule has 22 heavy (non-hydrogen) atoms. The largest absolute Gasteiger partial charge is 0.496 e. The van der Waals surface area contributed by atoms with Crippen LogP contribution in [0.3, 0.4) is 0 Å². The third kappa shape index (κ3) is 4.46. The Balaban J connectivity index is 1.95. The van der Waals surface area contributed by atoms with Gasteiger partial charge in [-0.05, 0) is 47.5 Å². The summed E-state index contributed by atoms with van der Waals surface area (Å²) in [7, 11) is 1.62. The number of piperidine rings is 1. The molecule has 0 bridgehead atoms. The van der Waals surface area contributed by atoms with E-state index in [0.29, 0.717) is 5.92 Å². The average molecular weight is 371 g/mol. The van der Waals surface area contributed by atoms with E-state index in [1.807, 2.05) is 32.0 Å². The lowest BCUT2D eigenvalue weighted by molar-refractivity contribution is -0.665. The molecule has 1 saturated heterocycles. The van der Waals surface area contributed by atoms with Crippen molar-refractivity contribution in [2.24, 2.45) is 5.92 Å². The highest BCUT2D eigenvalue weighted by atomic mass is 79.9. The van der Waals surface area contributed by atoms with Gasteiger partial charge in [-0.15, -0.1) is 0 Å². The maximum Gasteiger partial charge on any atom is 0.310 e. The second-order valence-electron chi connectivity index (χ2n) is 6.36. The van der Waals surface area contributed by atoms with Crippen LogP contribution in [0.4, 0.5) is 0 Å². The van der Waals surface area contributed by atoms with Crippen molar-refractivity contribution in [2.75, 3.05) is 20.2 Å². The molecule has 1 aliphatic heterocycles. The van der Waals surface area contributed by atoms with E-state index < -0.39 is 5.60 Å². The number of hydrogen-bond donors (Lipinski definition) is 1. The topological polar surface area (TPSA) is 52.1 Å². The van der Waals surface area contributed by atoms with Gasteiger partial charge >= 0.3 is 5.97 Å². The zero-order valence-electron chi connectivity index (χ0n) is 13.5. The van der Waals surface area contributed by atoms with Crippen LogP contribution in [0.25, 0.3) is 0 Å². The van der Waals surface area contributed by atoms with Crippen molar-refractivity contribution in [3.8, 4) is 5.75 Å². The molecule has 122 valence electrons. The smallest absolute Gasteiger partial charge is 0.310 e. The standard InChI is InChI=1S/C17H24BrNO3/c1-17(2,13-6-8-19-9-7-13)22-16(20)11-12-4-5-15(21-3)14(18)10-12/h4-5,10,13,19H,6-9,11H2,1-3H3/p+1. The molecule has 0 amide bonds. The summed E-state index contributed by atoms with van der Waals surface area (Å²) in [5.74, 6) is 1.04. The molecule has 0 aromatic heterocycles. The first-order valence-electron chi connectivity index (χ1n) is 7.78. The quantitative estimate of drug-likeness (QED) is 0.809. The lowest BCUT2D eigenvalue weighted by atomic mass is 9.83. The van der Waals surface area contributed by atoms with Crippen molar-refractivity contribution in [3.63, 3.8) is 0 Å². The van der Waals surface area contributed by atoms with E-state index >= 15 is 0 Å². The number of esters is 1. The molecule has 1 aromatic carbocycles. The minimum atomic E-state index is -0.394. The van der Waals surface area contributed by atoms with E-state index in [2.05, 4.69) is 21.2 Å². The predicted octanol–water partition coefficient (Wildman–Crippen LogP) is 2.30. The first-order valence-corrected chi connectivity index (χ1v) is 8.57. The van der Waals surface area contributed by atoms with Gasteiger partial charge in [0.1, 0.15) is 11.4 Å². The number of rotatable bonds is 5. The van der Waals surface area contributed by atoms with Crippen LogP contribution < -0.4 is 10.1 Å². The van der Waals surface area contributed by atoms with Crippen molar-refractivity contribution in [1.82, 2.24) is 0 Å². The average Bonchev–Trinajstić information content (AvgIpc) is 2.47. The van der Waals surface area contributed by atoms with Crippen LogP contribution in [0.15, 0.2) is 22.7 Å². The van der Waals surface area contributed by atoms with Crippen LogP contribution in [0.1, 0.15) is 32.3 Å². The molecule has 0 atom stereocenters. The minimum Gasteiger partial charge on any atom is -0.496 e. The molecule has 4 nitrogen and oxygen atoms in total. The van der Waals surface area contributed by atoms with E-state index in [1.165, 1.54) is 0 Å². The Kier molecular flexibility index (Phi) is 5.87. The van der Waals surface area contributed by atoms with Gasteiger partial charge in [0.05, 0.1) is 31.1 Å². The van der Waals surface area contributed by atoms with Gasteiger partial charge in [-0.1, -0.05) is 6.07 Å². The molecule has 1 aliphatic rings. The Labute approximate surface area is 140 Å². The van der Waals surface area contributed by atoms with Crippen molar-refractivity contribution in [3.05, 3.63) is 28.2 Å². The van der Waals surface area contributed by atoms with Gasteiger partial charge in [0.2, 0.25) is 0 Å². The number of ether oxygens (including phenoxy) is 2. The SMILES string of the molecule is COc1ccc(CC(=O)OC(C)(C)C2CC[NH2+]CC2)cc1Br. The van der Waals surface area contributed by atoms with Gasteiger partial charge in [-0.3, -0.25) is 4.79 Å². The molecule has 0 saturated carbocycles. The van der Waals surface area contributed by atoms with Crippen molar-refractivity contribution >= 4 is 21.9 Å². The molecule has 0 aliphatic carbocycles. The number of quaternary nitrogens is 1. The van der Waals surface area contributed by atoms with Crippen LogP contribution in [0, 0.1) is 5.92 Å². The maximum atomic E-state index is 12.3. The molecule has 0 spiro atoms. The normalized spacial score (nSPS) is 16.4. The highest BCUT2D eigenvalue weighted by Crippen LogP contribution is 2.29. The van der Waals surface area contributed by atoms with Crippen LogP contribution in [-0.4, -0.2) is 31.8 Å². The second kappa shape index (κ2) is 7.47. The molecule has 1 fully saturated rings. The van der Waals surface area contributed by atoms with Gasteiger partial charge in [0, 0.05) is 18.8 Å². The van der Waals surface area contributed by atoms with Gasteiger partial charge in [0.15, 0.2) is 0 Å². The first kappa shape index (κ1) is 17.3.